The lowest BCUT2D eigenvalue weighted by atomic mass is 9.82. The van der Waals surface area contributed by atoms with Crippen LogP contribution in [-0.4, -0.2) is 52.7 Å². The molecule has 3 atom stereocenters. The number of hydrogen-bond donors (Lipinski definition) is 5. The van der Waals surface area contributed by atoms with Crippen LogP contribution >= 0.6 is 0 Å². The number of nitrogens with zero attached hydrogens (tertiary/aromatic N) is 2. The number of amides is 1. The van der Waals surface area contributed by atoms with Crippen molar-refractivity contribution in [1.82, 2.24) is 4.90 Å². The molecule has 1 unspecified atom stereocenters. The van der Waals surface area contributed by atoms with Crippen molar-refractivity contribution in [1.29, 1.82) is 0 Å². The second-order valence-corrected chi connectivity index (χ2v) is 8.01. The van der Waals surface area contributed by atoms with E-state index in [9.17, 15) is 19.8 Å². The van der Waals surface area contributed by atoms with Gasteiger partial charge in [-0.1, -0.05) is 13.3 Å². The zero-order chi connectivity index (χ0) is 22.7. The van der Waals surface area contributed by atoms with Gasteiger partial charge in [-0.15, -0.1) is 0 Å². The molecule has 7 N–H and O–H groups in total. The van der Waals surface area contributed by atoms with E-state index >= 15 is 0 Å². The summed E-state index contributed by atoms with van der Waals surface area (Å²) in [6.07, 6.45) is 5.13. The first-order chi connectivity index (χ1) is 14.8. The largest absolute Gasteiger partial charge is 0.477 e. The van der Waals surface area contributed by atoms with Crippen LogP contribution in [0.5, 0.6) is 0 Å². The maximum absolute atomic E-state index is 12.5. The zero-order valence-corrected chi connectivity index (χ0v) is 18.2. The Morgan fingerprint density at radius 3 is 2.81 bits per heavy atom. The van der Waals surface area contributed by atoms with E-state index in [0.717, 1.165) is 25.1 Å². The number of benzene rings is 1. The number of anilines is 2. The van der Waals surface area contributed by atoms with E-state index in [1.807, 2.05) is 36.8 Å². The standard InChI is InChI=1S/C22H31N5O4/c1-4-5-6-25-15-9-14(10-16(11-15)26(23)8-7-24-3)17-12-18-19(13(2)28)21(29)27(18)20(17)22(30)31/h7-11,13,18-19,24-25,28H,4-6,12,23H2,1-3H3,(H,30,31)/p+1/b8-7-/t13-,18?,19-/m1/s1. The molecule has 0 radical (unpaired) electrons. The van der Waals surface area contributed by atoms with Crippen molar-refractivity contribution in [3.63, 3.8) is 0 Å². The van der Waals surface area contributed by atoms with Crippen LogP contribution in [0.15, 0.2) is 36.3 Å². The molecule has 9 heteroatoms. The van der Waals surface area contributed by atoms with Gasteiger partial charge in [0.05, 0.1) is 37.0 Å². The van der Waals surface area contributed by atoms with Gasteiger partial charge in [-0.05, 0) is 49.1 Å². The van der Waals surface area contributed by atoms with Crippen LogP contribution in [0.3, 0.4) is 0 Å². The van der Waals surface area contributed by atoms with Gasteiger partial charge in [0.1, 0.15) is 11.9 Å². The summed E-state index contributed by atoms with van der Waals surface area (Å²) in [4.78, 5) is 25.9. The van der Waals surface area contributed by atoms with E-state index in [1.54, 1.807) is 13.1 Å². The monoisotopic (exact) mass is 430 g/mol. The Balaban J connectivity index is 2.03. The number of aliphatic hydroxyl groups is 1. The van der Waals surface area contributed by atoms with Crippen molar-refractivity contribution in [2.45, 2.75) is 45.3 Å². The lowest BCUT2D eigenvalue weighted by molar-refractivity contribution is -0.556. The number of rotatable bonds is 10. The number of aliphatic carboxylic acids is 1. The van der Waals surface area contributed by atoms with Gasteiger partial charge in [-0.3, -0.25) is 9.80 Å². The number of hydrogen-bond acceptors (Lipinski definition) is 6. The minimum atomic E-state index is -1.15. The number of nitrogens with one attached hydrogen (secondary N) is 1. The first-order valence-electron chi connectivity index (χ1n) is 10.7. The van der Waals surface area contributed by atoms with E-state index in [2.05, 4.69) is 12.2 Å². The van der Waals surface area contributed by atoms with Crippen LogP contribution in [-0.2, 0) is 9.59 Å². The number of β-lactam (4-membered cyclic amide) rings is 1. The SMILES string of the molecule is CCCCNc1cc(C2=C(C(=O)O)N3C(=O)[C@H]([C@@H](C)O)C3C2)cc(N(N)/C=C\[NH2+]C)c1. The van der Waals surface area contributed by atoms with Gasteiger partial charge >= 0.3 is 5.97 Å². The fourth-order valence-corrected chi connectivity index (χ4v) is 4.24. The van der Waals surface area contributed by atoms with Gasteiger partial charge < -0.3 is 25.7 Å². The second-order valence-electron chi connectivity index (χ2n) is 8.01. The summed E-state index contributed by atoms with van der Waals surface area (Å²) < 4.78 is 0. The summed E-state index contributed by atoms with van der Waals surface area (Å²) in [6, 6.07) is 5.30. The zero-order valence-electron chi connectivity index (χ0n) is 18.2. The number of carboxylic acid groups (broad SMARTS) is 1. The molecule has 0 bridgehead atoms. The molecule has 9 nitrogen and oxygen atoms in total. The summed E-state index contributed by atoms with van der Waals surface area (Å²) in [7, 11) is 1.89. The third kappa shape index (κ3) is 4.43. The molecule has 0 saturated carbocycles. The van der Waals surface area contributed by atoms with Crippen molar-refractivity contribution in [2.24, 2.45) is 11.8 Å². The van der Waals surface area contributed by atoms with Crippen LogP contribution in [0.1, 0.15) is 38.7 Å². The topological polar surface area (TPSA) is 136 Å². The smallest absolute Gasteiger partial charge is 0.352 e. The number of carbonyl (C=O) groups is 2. The number of nitrogens with two attached hydrogens (primary N) is 2. The highest BCUT2D eigenvalue weighted by Crippen LogP contribution is 2.47. The Morgan fingerprint density at radius 2 is 2.19 bits per heavy atom. The highest BCUT2D eigenvalue weighted by molar-refractivity contribution is 6.06. The van der Waals surface area contributed by atoms with Crippen molar-refractivity contribution < 1.29 is 25.1 Å². The predicted octanol–water partition coefficient (Wildman–Crippen LogP) is 0.650. The second kappa shape index (κ2) is 9.51. The molecular formula is C22H32N5O4+. The van der Waals surface area contributed by atoms with Crippen LogP contribution in [0.4, 0.5) is 11.4 Å². The van der Waals surface area contributed by atoms with Crippen LogP contribution in [0, 0.1) is 5.92 Å². The highest BCUT2D eigenvalue weighted by atomic mass is 16.4. The normalized spacial score (nSPS) is 21.3. The quantitative estimate of drug-likeness (QED) is 0.159. The Morgan fingerprint density at radius 1 is 1.45 bits per heavy atom. The summed E-state index contributed by atoms with van der Waals surface area (Å²) in [5, 5.41) is 26.6. The van der Waals surface area contributed by atoms with E-state index in [4.69, 9.17) is 5.84 Å². The molecule has 1 amide bonds. The number of aliphatic hydroxyl groups excluding tert-OH is 1. The molecule has 1 saturated heterocycles. The van der Waals surface area contributed by atoms with Crippen molar-refractivity contribution in [3.8, 4) is 0 Å². The van der Waals surface area contributed by atoms with Gasteiger partial charge in [0.15, 0.2) is 0 Å². The maximum atomic E-state index is 12.5. The van der Waals surface area contributed by atoms with E-state index < -0.39 is 18.0 Å². The molecule has 1 aromatic rings. The summed E-state index contributed by atoms with van der Waals surface area (Å²) in [6.45, 7) is 4.46. The number of carboxylic acids is 1. The molecule has 0 spiro atoms. The lowest BCUT2D eigenvalue weighted by Gasteiger charge is -2.44. The number of carbonyl (C=O) groups excluding carboxylic acids is 1. The molecule has 31 heavy (non-hydrogen) atoms. The fourth-order valence-electron chi connectivity index (χ4n) is 4.24. The van der Waals surface area contributed by atoms with Gasteiger partial charge in [0, 0.05) is 12.2 Å². The molecule has 2 heterocycles. The van der Waals surface area contributed by atoms with Crippen molar-refractivity contribution in [2.75, 3.05) is 23.9 Å². The van der Waals surface area contributed by atoms with Crippen LogP contribution in [0.25, 0.3) is 5.57 Å². The molecule has 1 fully saturated rings. The lowest BCUT2D eigenvalue weighted by Crippen LogP contribution is -2.72. The number of quaternary nitrogens is 1. The number of fused-ring (bicyclic) bond motifs is 1. The Bertz CT molecular complexity index is 911. The third-order valence-corrected chi connectivity index (χ3v) is 5.79. The van der Waals surface area contributed by atoms with E-state index in [1.165, 1.54) is 9.91 Å². The molecule has 0 aliphatic carbocycles. The molecule has 1 aromatic carbocycles. The summed E-state index contributed by atoms with van der Waals surface area (Å²) >= 11 is 0. The van der Waals surface area contributed by atoms with Gasteiger partial charge in [-0.2, -0.15) is 0 Å². The van der Waals surface area contributed by atoms with Crippen molar-refractivity contribution >= 4 is 28.8 Å². The molecule has 168 valence electrons. The number of hydrazine groups is 1. The van der Waals surface area contributed by atoms with Gasteiger partial charge in [0.2, 0.25) is 5.91 Å². The average Bonchev–Trinajstić information content (AvgIpc) is 3.07. The molecule has 2 aliphatic rings. The van der Waals surface area contributed by atoms with Gasteiger partial charge in [-0.25, -0.2) is 10.6 Å². The van der Waals surface area contributed by atoms with Crippen LogP contribution in [0.2, 0.25) is 0 Å². The van der Waals surface area contributed by atoms with Crippen molar-refractivity contribution in [3.05, 3.63) is 41.9 Å². The van der Waals surface area contributed by atoms with E-state index in [0.29, 0.717) is 23.2 Å². The Kier molecular flexibility index (Phi) is 6.99. The van der Waals surface area contributed by atoms with Gasteiger partial charge in [0.25, 0.3) is 0 Å². The Hall–Kier alpha value is -2.88. The van der Waals surface area contributed by atoms with Crippen LogP contribution < -0.4 is 21.5 Å². The predicted molar refractivity (Wildman–Crippen MR) is 118 cm³/mol. The summed E-state index contributed by atoms with van der Waals surface area (Å²) in [5.41, 5.74) is 2.79. The first-order valence-corrected chi connectivity index (χ1v) is 10.7. The Labute approximate surface area is 182 Å². The highest BCUT2D eigenvalue weighted by Gasteiger charge is 2.56. The third-order valence-electron chi connectivity index (χ3n) is 5.79. The summed E-state index contributed by atoms with van der Waals surface area (Å²) in [5.74, 6) is 4.12. The fraction of sp³-hybridized carbons (Fsp3) is 0.455. The number of unbranched alkanes of at least 4 members (excludes halogenated alkanes) is 1. The minimum absolute atomic E-state index is 0.00966. The van der Waals surface area contributed by atoms with E-state index in [-0.39, 0.29) is 17.6 Å². The molecule has 3 rings (SSSR count). The molecule has 0 aromatic heterocycles. The first kappa shape index (κ1) is 22.8. The minimum Gasteiger partial charge on any atom is -0.477 e. The average molecular weight is 431 g/mol. The molecular weight excluding hydrogens is 398 g/mol. The molecule has 2 aliphatic heterocycles. The maximum Gasteiger partial charge on any atom is 0.352 e.